The van der Waals surface area contributed by atoms with Crippen LogP contribution in [-0.2, 0) is 4.74 Å². The van der Waals surface area contributed by atoms with Gasteiger partial charge < -0.3 is 15.2 Å². The normalized spacial score (nSPS) is 17.6. The number of benzene rings is 2. The Morgan fingerprint density at radius 3 is 2.15 bits per heavy atom. The van der Waals surface area contributed by atoms with Crippen molar-refractivity contribution in [1.82, 2.24) is 5.32 Å². The lowest BCUT2D eigenvalue weighted by Gasteiger charge is -2.46. The van der Waals surface area contributed by atoms with Crippen LogP contribution in [-0.4, -0.2) is 35.9 Å². The first-order chi connectivity index (χ1) is 13.0. The van der Waals surface area contributed by atoms with E-state index in [0.717, 1.165) is 22.3 Å². The minimum atomic E-state index is -3.36. The van der Waals surface area contributed by atoms with E-state index in [-0.39, 0.29) is 25.4 Å². The zero-order valence-corrected chi connectivity index (χ0v) is 14.8. The Balaban J connectivity index is 1.48. The number of ether oxygens (including phenoxy) is 1. The number of carbonyl (C=O) groups excluding carboxylic acids is 1. The predicted octanol–water partition coefficient (Wildman–Crippen LogP) is 4.08. The molecule has 1 fully saturated rings. The highest BCUT2D eigenvalue weighted by molar-refractivity contribution is 5.79. The average Bonchev–Trinajstić information content (AvgIpc) is 2.97. The summed E-state index contributed by atoms with van der Waals surface area (Å²) in [5.41, 5.74) is 2.62. The Hall–Kier alpha value is -2.47. The molecule has 0 radical (unpaired) electrons. The lowest BCUT2D eigenvalue weighted by molar-refractivity contribution is -0.148. The van der Waals surface area contributed by atoms with Crippen molar-refractivity contribution in [3.05, 3.63) is 59.7 Å². The molecule has 1 saturated carbocycles. The lowest BCUT2D eigenvalue weighted by Crippen LogP contribution is -2.66. The molecule has 4 nitrogen and oxygen atoms in total. The fraction of sp³-hybridized carbons (Fsp3) is 0.381. The fourth-order valence-electron chi connectivity index (χ4n) is 4.09. The molecule has 27 heavy (non-hydrogen) atoms. The zero-order valence-electron chi connectivity index (χ0n) is 14.8. The van der Waals surface area contributed by atoms with Gasteiger partial charge in [-0.1, -0.05) is 48.5 Å². The Kier molecular flexibility index (Phi) is 4.38. The van der Waals surface area contributed by atoms with Crippen LogP contribution in [0.5, 0.6) is 0 Å². The van der Waals surface area contributed by atoms with E-state index in [2.05, 4.69) is 5.32 Å². The SMILES string of the molecule is O=C(NC1(C(F)(F)CO)CCC1)OCC1c2ccccc2-c2ccccc21. The Morgan fingerprint density at radius 1 is 1.11 bits per heavy atom. The molecular formula is C21H21F2NO3. The van der Waals surface area contributed by atoms with Crippen LogP contribution >= 0.6 is 0 Å². The Bertz CT molecular complexity index is 819. The van der Waals surface area contributed by atoms with E-state index < -0.39 is 24.2 Å². The lowest BCUT2D eigenvalue weighted by atomic mass is 9.72. The Morgan fingerprint density at radius 2 is 1.67 bits per heavy atom. The summed E-state index contributed by atoms with van der Waals surface area (Å²) in [6.07, 6.45) is -0.0286. The summed E-state index contributed by atoms with van der Waals surface area (Å²) >= 11 is 0. The number of halogens is 2. The van der Waals surface area contributed by atoms with Gasteiger partial charge in [-0.15, -0.1) is 0 Å². The summed E-state index contributed by atoms with van der Waals surface area (Å²) in [5, 5.41) is 11.3. The molecule has 0 bridgehead atoms. The van der Waals surface area contributed by atoms with Gasteiger partial charge in [0.05, 0.1) is 0 Å². The standard InChI is InChI=1S/C21H21F2NO3/c22-21(23,13-25)20(10-5-11-20)24-19(26)27-12-18-16-8-3-1-6-14(16)15-7-2-4-9-17(15)18/h1-4,6-9,18,25H,5,10-13H2,(H,24,26). The second-order valence-electron chi connectivity index (χ2n) is 7.25. The summed E-state index contributed by atoms with van der Waals surface area (Å²) in [6, 6.07) is 15.8. The average molecular weight is 373 g/mol. The maximum absolute atomic E-state index is 14.0. The topological polar surface area (TPSA) is 58.6 Å². The minimum absolute atomic E-state index is 0.0701. The zero-order chi connectivity index (χ0) is 19.1. The van der Waals surface area contributed by atoms with Crippen molar-refractivity contribution < 1.29 is 23.4 Å². The van der Waals surface area contributed by atoms with E-state index >= 15 is 0 Å². The monoisotopic (exact) mass is 373 g/mol. The number of carbonyl (C=O) groups is 1. The summed E-state index contributed by atoms with van der Waals surface area (Å²) in [4.78, 5) is 12.2. The van der Waals surface area contributed by atoms with Crippen LogP contribution in [0.4, 0.5) is 13.6 Å². The van der Waals surface area contributed by atoms with Crippen LogP contribution in [0.3, 0.4) is 0 Å². The first-order valence-electron chi connectivity index (χ1n) is 9.09. The summed E-state index contributed by atoms with van der Waals surface area (Å²) in [6.45, 7) is -1.22. The maximum atomic E-state index is 14.0. The highest BCUT2D eigenvalue weighted by Crippen LogP contribution is 2.45. The van der Waals surface area contributed by atoms with Gasteiger partial charge in [-0.2, -0.15) is 0 Å². The largest absolute Gasteiger partial charge is 0.449 e. The second-order valence-corrected chi connectivity index (χ2v) is 7.25. The Labute approximate surface area is 156 Å². The van der Waals surface area contributed by atoms with Crippen molar-refractivity contribution in [3.8, 4) is 11.1 Å². The van der Waals surface area contributed by atoms with Gasteiger partial charge >= 0.3 is 6.09 Å². The van der Waals surface area contributed by atoms with E-state index in [9.17, 15) is 13.6 Å². The molecule has 2 aromatic rings. The van der Waals surface area contributed by atoms with E-state index in [1.165, 1.54) is 0 Å². The van der Waals surface area contributed by atoms with Crippen LogP contribution in [0.25, 0.3) is 11.1 Å². The number of alkyl halides is 2. The van der Waals surface area contributed by atoms with E-state index in [4.69, 9.17) is 9.84 Å². The van der Waals surface area contributed by atoms with Gasteiger partial charge in [-0.25, -0.2) is 13.6 Å². The maximum Gasteiger partial charge on any atom is 0.407 e. The molecule has 1 amide bonds. The van der Waals surface area contributed by atoms with Crippen LogP contribution in [0, 0.1) is 0 Å². The number of rotatable bonds is 5. The number of alkyl carbamates (subject to hydrolysis) is 1. The third-order valence-corrected chi connectivity index (χ3v) is 5.79. The molecule has 2 N–H and O–H groups in total. The van der Waals surface area contributed by atoms with Crippen LogP contribution in [0.2, 0.25) is 0 Å². The van der Waals surface area contributed by atoms with Crippen LogP contribution < -0.4 is 5.32 Å². The molecule has 0 atom stereocenters. The first kappa shape index (κ1) is 17.9. The highest BCUT2D eigenvalue weighted by atomic mass is 19.3. The number of aliphatic hydroxyl groups excluding tert-OH is 1. The van der Waals surface area contributed by atoms with Gasteiger partial charge in [0, 0.05) is 5.92 Å². The molecule has 6 heteroatoms. The summed E-state index contributed by atoms with van der Waals surface area (Å²) < 4.78 is 33.4. The molecule has 142 valence electrons. The van der Waals surface area contributed by atoms with Crippen molar-refractivity contribution in [2.45, 2.75) is 36.6 Å². The van der Waals surface area contributed by atoms with E-state index in [1.807, 2.05) is 48.5 Å². The molecule has 2 aliphatic carbocycles. The van der Waals surface area contributed by atoms with E-state index in [1.54, 1.807) is 0 Å². The smallest absolute Gasteiger partial charge is 0.407 e. The summed E-state index contributed by atoms with van der Waals surface area (Å²) in [5.74, 6) is -3.49. The number of aliphatic hydroxyl groups is 1. The quantitative estimate of drug-likeness (QED) is 0.830. The molecule has 0 unspecified atom stereocenters. The third-order valence-electron chi connectivity index (χ3n) is 5.79. The van der Waals surface area contributed by atoms with Crippen molar-refractivity contribution >= 4 is 6.09 Å². The molecule has 0 heterocycles. The molecule has 2 aliphatic rings. The van der Waals surface area contributed by atoms with Crippen molar-refractivity contribution in [1.29, 1.82) is 0 Å². The molecular weight excluding hydrogens is 352 g/mol. The molecule has 0 aliphatic heterocycles. The number of fused-ring (bicyclic) bond motifs is 3. The second kappa shape index (κ2) is 6.60. The number of amides is 1. The van der Waals surface area contributed by atoms with E-state index in [0.29, 0.717) is 6.42 Å². The summed E-state index contributed by atoms with van der Waals surface area (Å²) in [7, 11) is 0. The fourth-order valence-corrected chi connectivity index (χ4v) is 4.09. The van der Waals surface area contributed by atoms with Crippen LogP contribution in [0.1, 0.15) is 36.3 Å². The number of hydrogen-bond acceptors (Lipinski definition) is 3. The van der Waals surface area contributed by atoms with Crippen LogP contribution in [0.15, 0.2) is 48.5 Å². The van der Waals surface area contributed by atoms with Gasteiger partial charge in [-0.3, -0.25) is 0 Å². The highest BCUT2D eigenvalue weighted by Gasteiger charge is 2.58. The molecule has 4 rings (SSSR count). The molecule has 0 spiro atoms. The predicted molar refractivity (Wildman–Crippen MR) is 96.8 cm³/mol. The third kappa shape index (κ3) is 2.88. The first-order valence-corrected chi connectivity index (χ1v) is 9.09. The van der Waals surface area contributed by atoms with Crippen molar-refractivity contribution in [2.75, 3.05) is 13.2 Å². The minimum Gasteiger partial charge on any atom is -0.449 e. The van der Waals surface area contributed by atoms with Gasteiger partial charge in [0.2, 0.25) is 0 Å². The molecule has 0 saturated heterocycles. The van der Waals surface area contributed by atoms with Gasteiger partial charge in [0.1, 0.15) is 18.8 Å². The van der Waals surface area contributed by atoms with Gasteiger partial charge in [0.15, 0.2) is 0 Å². The van der Waals surface area contributed by atoms with Gasteiger partial charge in [0.25, 0.3) is 5.92 Å². The number of hydrogen-bond donors (Lipinski definition) is 2. The van der Waals surface area contributed by atoms with Gasteiger partial charge in [-0.05, 0) is 41.5 Å². The molecule has 0 aromatic heterocycles. The van der Waals surface area contributed by atoms with Crippen molar-refractivity contribution in [2.24, 2.45) is 0 Å². The van der Waals surface area contributed by atoms with Crippen molar-refractivity contribution in [3.63, 3.8) is 0 Å². The number of nitrogens with one attached hydrogen (secondary N) is 1. The molecule has 2 aromatic carbocycles.